The van der Waals surface area contributed by atoms with Gasteiger partial charge >= 0.3 is 0 Å². The van der Waals surface area contributed by atoms with Gasteiger partial charge in [0.25, 0.3) is 0 Å². The van der Waals surface area contributed by atoms with E-state index in [1.807, 2.05) is 13.8 Å². The molecule has 0 amide bonds. The Bertz CT molecular complexity index is 609. The summed E-state index contributed by atoms with van der Waals surface area (Å²) in [5, 5.41) is 9.91. The molecule has 0 aromatic heterocycles. The van der Waals surface area contributed by atoms with E-state index in [0.29, 0.717) is 13.0 Å². The van der Waals surface area contributed by atoms with Gasteiger partial charge in [0.15, 0.2) is 0 Å². The minimum atomic E-state index is -3.63. The third kappa shape index (κ3) is 2.61. The average Bonchev–Trinajstić information content (AvgIpc) is 2.64. The molecule has 1 heterocycles. The molecule has 1 aromatic carbocycles. The number of nitrogens with zero attached hydrogens (tertiary/aromatic N) is 1. The van der Waals surface area contributed by atoms with Gasteiger partial charge in [-0.3, -0.25) is 0 Å². The normalized spacial score (nSPS) is 24.8. The zero-order chi connectivity index (χ0) is 14.4. The number of benzene rings is 1. The highest BCUT2D eigenvalue weighted by molar-refractivity contribution is 7.89. The van der Waals surface area contributed by atoms with Crippen LogP contribution >= 0.6 is 0 Å². The highest BCUT2D eigenvalue weighted by Gasteiger charge is 2.39. The average molecular weight is 284 g/mol. The van der Waals surface area contributed by atoms with Crippen molar-refractivity contribution in [1.82, 2.24) is 4.31 Å². The van der Waals surface area contributed by atoms with Gasteiger partial charge in [0.1, 0.15) is 4.90 Å². The topological polar surface area (TPSA) is 83.6 Å². The molecule has 1 aromatic rings. The third-order valence-electron chi connectivity index (χ3n) is 3.66. The second-order valence-electron chi connectivity index (χ2n) is 5.56. The molecule has 1 atom stereocenters. The van der Waals surface area contributed by atoms with E-state index in [2.05, 4.69) is 0 Å². The van der Waals surface area contributed by atoms with E-state index in [0.717, 1.165) is 11.1 Å². The number of anilines is 1. The number of hydrogen-bond acceptors (Lipinski definition) is 4. The van der Waals surface area contributed by atoms with Crippen LogP contribution in [0.4, 0.5) is 5.69 Å². The fourth-order valence-corrected chi connectivity index (χ4v) is 4.02. The van der Waals surface area contributed by atoms with Crippen LogP contribution in [0.15, 0.2) is 17.0 Å². The summed E-state index contributed by atoms with van der Waals surface area (Å²) in [7, 11) is -3.63. The molecule has 1 unspecified atom stereocenters. The predicted octanol–water partition coefficient (Wildman–Crippen LogP) is 1.03. The molecule has 1 fully saturated rings. The van der Waals surface area contributed by atoms with Gasteiger partial charge in [-0.2, -0.15) is 4.31 Å². The second kappa shape index (κ2) is 4.47. The summed E-state index contributed by atoms with van der Waals surface area (Å²) in [5.74, 6) is 0. The zero-order valence-corrected chi connectivity index (χ0v) is 12.3. The zero-order valence-electron chi connectivity index (χ0n) is 11.5. The van der Waals surface area contributed by atoms with Crippen molar-refractivity contribution in [2.45, 2.75) is 37.7 Å². The smallest absolute Gasteiger partial charge is 0.245 e. The predicted molar refractivity (Wildman–Crippen MR) is 74.3 cm³/mol. The Morgan fingerprint density at radius 2 is 1.89 bits per heavy atom. The summed E-state index contributed by atoms with van der Waals surface area (Å²) in [4.78, 5) is 0.133. The molecular weight excluding hydrogens is 264 g/mol. The van der Waals surface area contributed by atoms with Gasteiger partial charge in [0, 0.05) is 13.1 Å². The number of aliphatic hydroxyl groups is 1. The van der Waals surface area contributed by atoms with Crippen LogP contribution in [-0.4, -0.2) is 36.5 Å². The Morgan fingerprint density at radius 1 is 1.32 bits per heavy atom. The fourth-order valence-electron chi connectivity index (χ4n) is 2.28. The molecular formula is C13H20N2O3S. The fraction of sp³-hybridized carbons (Fsp3) is 0.538. The monoisotopic (exact) mass is 284 g/mol. The Balaban J connectivity index is 2.44. The van der Waals surface area contributed by atoms with Crippen LogP contribution in [-0.2, 0) is 10.0 Å². The lowest BCUT2D eigenvalue weighted by atomic mass is 10.1. The van der Waals surface area contributed by atoms with Crippen LogP contribution in [0, 0.1) is 13.8 Å². The van der Waals surface area contributed by atoms with Gasteiger partial charge in [-0.1, -0.05) is 0 Å². The quantitative estimate of drug-likeness (QED) is 0.795. The van der Waals surface area contributed by atoms with E-state index in [1.54, 1.807) is 19.1 Å². The van der Waals surface area contributed by atoms with Crippen LogP contribution in [0.25, 0.3) is 0 Å². The van der Waals surface area contributed by atoms with Crippen LogP contribution in [0.2, 0.25) is 0 Å². The Kier molecular flexibility index (Phi) is 3.36. The van der Waals surface area contributed by atoms with E-state index in [4.69, 9.17) is 5.73 Å². The summed E-state index contributed by atoms with van der Waals surface area (Å²) in [5.41, 5.74) is 7.00. The number of β-amino-alcohol motifs (C(OH)–C–C–N with tert-alkyl or cyclic N) is 1. The molecule has 1 saturated heterocycles. The van der Waals surface area contributed by atoms with E-state index in [1.165, 1.54) is 4.31 Å². The molecule has 6 heteroatoms. The van der Waals surface area contributed by atoms with Gasteiger partial charge < -0.3 is 10.8 Å². The first-order valence-corrected chi connectivity index (χ1v) is 7.67. The number of nitrogen functional groups attached to an aromatic ring is 1. The van der Waals surface area contributed by atoms with Crippen molar-refractivity contribution in [2.24, 2.45) is 0 Å². The van der Waals surface area contributed by atoms with Gasteiger partial charge in [-0.25, -0.2) is 8.42 Å². The molecule has 0 saturated carbocycles. The first-order chi connectivity index (χ1) is 8.63. The van der Waals surface area contributed by atoms with Crippen molar-refractivity contribution in [2.75, 3.05) is 18.8 Å². The summed E-state index contributed by atoms with van der Waals surface area (Å²) < 4.78 is 26.4. The highest BCUT2D eigenvalue weighted by Crippen LogP contribution is 2.30. The van der Waals surface area contributed by atoms with Crippen molar-refractivity contribution in [3.8, 4) is 0 Å². The third-order valence-corrected chi connectivity index (χ3v) is 5.56. The molecule has 19 heavy (non-hydrogen) atoms. The van der Waals surface area contributed by atoms with Crippen LogP contribution in [0.1, 0.15) is 24.5 Å². The molecule has 0 aliphatic carbocycles. The maximum absolute atomic E-state index is 12.5. The molecule has 1 aliphatic rings. The molecule has 106 valence electrons. The summed E-state index contributed by atoms with van der Waals surface area (Å²) in [6.45, 7) is 5.83. The van der Waals surface area contributed by atoms with Gasteiger partial charge in [0.2, 0.25) is 10.0 Å². The minimum Gasteiger partial charge on any atom is -0.398 e. The number of hydrogen-bond donors (Lipinski definition) is 2. The van der Waals surface area contributed by atoms with Crippen molar-refractivity contribution in [1.29, 1.82) is 0 Å². The lowest BCUT2D eigenvalue weighted by molar-refractivity contribution is 0.0762. The second-order valence-corrected chi connectivity index (χ2v) is 7.47. The van der Waals surface area contributed by atoms with Crippen molar-refractivity contribution in [3.63, 3.8) is 0 Å². The largest absolute Gasteiger partial charge is 0.398 e. The van der Waals surface area contributed by atoms with Crippen molar-refractivity contribution >= 4 is 15.7 Å². The van der Waals surface area contributed by atoms with E-state index in [-0.39, 0.29) is 17.1 Å². The molecule has 2 rings (SSSR count). The molecule has 3 N–H and O–H groups in total. The molecule has 5 nitrogen and oxygen atoms in total. The van der Waals surface area contributed by atoms with Crippen molar-refractivity contribution in [3.05, 3.63) is 23.3 Å². The van der Waals surface area contributed by atoms with E-state index >= 15 is 0 Å². The van der Waals surface area contributed by atoms with Gasteiger partial charge in [-0.05, 0) is 50.5 Å². The van der Waals surface area contributed by atoms with Crippen LogP contribution < -0.4 is 5.73 Å². The van der Waals surface area contributed by atoms with Crippen LogP contribution in [0.3, 0.4) is 0 Å². The van der Waals surface area contributed by atoms with Gasteiger partial charge in [-0.15, -0.1) is 0 Å². The number of aryl methyl sites for hydroxylation is 2. The number of rotatable bonds is 2. The number of sulfonamides is 1. The Labute approximate surface area is 114 Å². The molecule has 0 spiro atoms. The lowest BCUT2D eigenvalue weighted by Crippen LogP contribution is -2.34. The summed E-state index contributed by atoms with van der Waals surface area (Å²) >= 11 is 0. The van der Waals surface area contributed by atoms with E-state index < -0.39 is 15.6 Å². The summed E-state index contributed by atoms with van der Waals surface area (Å²) in [6.07, 6.45) is 0.441. The van der Waals surface area contributed by atoms with Crippen molar-refractivity contribution < 1.29 is 13.5 Å². The lowest BCUT2D eigenvalue weighted by Gasteiger charge is -2.20. The maximum Gasteiger partial charge on any atom is 0.245 e. The highest BCUT2D eigenvalue weighted by atomic mass is 32.2. The van der Waals surface area contributed by atoms with Gasteiger partial charge in [0.05, 0.1) is 11.3 Å². The summed E-state index contributed by atoms with van der Waals surface area (Å²) in [6, 6.07) is 3.28. The number of nitrogens with two attached hydrogens (primary N) is 1. The maximum atomic E-state index is 12.5. The minimum absolute atomic E-state index is 0.113. The first-order valence-electron chi connectivity index (χ1n) is 6.23. The first kappa shape index (κ1) is 14.3. The van der Waals surface area contributed by atoms with E-state index in [9.17, 15) is 13.5 Å². The van der Waals surface area contributed by atoms with Crippen LogP contribution in [0.5, 0.6) is 0 Å². The Morgan fingerprint density at radius 3 is 2.42 bits per heavy atom. The molecule has 0 radical (unpaired) electrons. The Hall–Kier alpha value is -1.11. The molecule has 0 bridgehead atoms. The SMILES string of the molecule is Cc1cc(N)c(S(=O)(=O)N2CCC(C)(O)C2)cc1C. The standard InChI is InChI=1S/C13H20N2O3S/c1-9-6-11(14)12(7-10(9)2)19(17,18)15-5-4-13(3,16)8-15/h6-7,16H,4-5,8,14H2,1-3H3. The molecule has 1 aliphatic heterocycles.